The fourth-order valence-corrected chi connectivity index (χ4v) is 3.12. The maximum atomic E-state index is 12.3. The summed E-state index contributed by atoms with van der Waals surface area (Å²) in [7, 11) is 3.65. The third-order valence-corrected chi connectivity index (χ3v) is 4.66. The number of nitrogens with zero attached hydrogens (tertiary/aromatic N) is 2. The van der Waals surface area contributed by atoms with Crippen LogP contribution < -0.4 is 14.8 Å². The average Bonchev–Trinajstić information content (AvgIpc) is 3.16. The number of hydrogen-bond donors (Lipinski definition) is 2. The van der Waals surface area contributed by atoms with Gasteiger partial charge in [-0.1, -0.05) is 25.1 Å². The fraction of sp³-hybridized carbons (Fsp3) is 0.304. The van der Waals surface area contributed by atoms with E-state index in [0.717, 1.165) is 36.1 Å². The van der Waals surface area contributed by atoms with Crippen LogP contribution >= 0.6 is 0 Å². The number of carbonyl (C=O) groups is 1. The molecule has 0 aliphatic carbocycles. The van der Waals surface area contributed by atoms with Crippen LogP contribution in [-0.2, 0) is 4.79 Å². The summed E-state index contributed by atoms with van der Waals surface area (Å²) in [5.41, 5.74) is 2.28. The van der Waals surface area contributed by atoms with E-state index in [-0.39, 0.29) is 5.91 Å². The van der Waals surface area contributed by atoms with Gasteiger partial charge in [-0.2, -0.15) is 5.10 Å². The summed E-state index contributed by atoms with van der Waals surface area (Å²) in [5.74, 6) is 0.978. The Kier molecular flexibility index (Phi) is 7.45. The Morgan fingerprint density at radius 3 is 2.83 bits per heavy atom. The van der Waals surface area contributed by atoms with Crippen LogP contribution in [0.25, 0.3) is 17.0 Å². The van der Waals surface area contributed by atoms with Crippen LogP contribution in [0.4, 0.5) is 5.69 Å². The van der Waals surface area contributed by atoms with Crippen molar-refractivity contribution in [2.75, 3.05) is 39.2 Å². The number of rotatable bonds is 10. The van der Waals surface area contributed by atoms with Gasteiger partial charge in [-0.25, -0.2) is 0 Å². The minimum Gasteiger partial charge on any atom is -0.493 e. The largest absolute Gasteiger partial charge is 0.493 e. The van der Waals surface area contributed by atoms with E-state index in [4.69, 9.17) is 9.47 Å². The van der Waals surface area contributed by atoms with E-state index in [1.807, 2.05) is 24.3 Å². The molecule has 1 amide bonds. The van der Waals surface area contributed by atoms with Crippen LogP contribution in [0.2, 0.25) is 0 Å². The summed E-state index contributed by atoms with van der Waals surface area (Å²) in [6, 6.07) is 13.1. The first-order valence-electron chi connectivity index (χ1n) is 10.0. The van der Waals surface area contributed by atoms with E-state index in [1.54, 1.807) is 31.4 Å². The molecule has 0 unspecified atom stereocenters. The highest BCUT2D eigenvalue weighted by molar-refractivity contribution is 6.03. The second-order valence-corrected chi connectivity index (χ2v) is 6.99. The number of anilines is 1. The number of ether oxygens (including phenoxy) is 2. The molecule has 30 heavy (non-hydrogen) atoms. The molecule has 3 aromatic rings. The summed E-state index contributed by atoms with van der Waals surface area (Å²) in [6.07, 6.45) is 4.26. The quantitative estimate of drug-likeness (QED) is 0.497. The number of carbonyl (C=O) groups excluding carboxylic acids is 1. The first-order chi connectivity index (χ1) is 14.6. The van der Waals surface area contributed by atoms with Gasteiger partial charge in [0, 0.05) is 29.8 Å². The number of aromatic amines is 1. The van der Waals surface area contributed by atoms with Gasteiger partial charge >= 0.3 is 0 Å². The molecular weight excluding hydrogens is 380 g/mol. The van der Waals surface area contributed by atoms with Gasteiger partial charge in [0.1, 0.15) is 6.61 Å². The Hall–Kier alpha value is -3.32. The van der Waals surface area contributed by atoms with E-state index in [9.17, 15) is 4.79 Å². The van der Waals surface area contributed by atoms with Crippen molar-refractivity contribution in [1.82, 2.24) is 15.1 Å². The molecule has 0 aliphatic rings. The fourth-order valence-electron chi connectivity index (χ4n) is 3.12. The van der Waals surface area contributed by atoms with Crippen molar-refractivity contribution in [2.45, 2.75) is 13.3 Å². The molecule has 7 heteroatoms. The van der Waals surface area contributed by atoms with E-state index < -0.39 is 0 Å². The standard InChI is InChI=1S/C23H28N4O3/c1-4-13-27(2)14-15-30-21-11-9-17(16-22(21)29-3)24-23(28)12-10-20-18-7-5-6-8-19(18)25-26-20/h5-12,16H,4,13-15H2,1-3H3,(H,24,28)(H,25,26)/b12-10+. The summed E-state index contributed by atoms with van der Waals surface area (Å²) in [6.45, 7) is 4.59. The van der Waals surface area contributed by atoms with Crippen LogP contribution in [-0.4, -0.2) is 54.9 Å². The number of nitrogens with one attached hydrogen (secondary N) is 2. The number of likely N-dealkylation sites (N-methyl/N-ethyl adjacent to an activating group) is 1. The Morgan fingerprint density at radius 2 is 2.03 bits per heavy atom. The zero-order valence-corrected chi connectivity index (χ0v) is 17.6. The van der Waals surface area contributed by atoms with Crippen LogP contribution in [0, 0.1) is 0 Å². The highest BCUT2D eigenvalue weighted by Gasteiger charge is 2.08. The number of para-hydroxylation sites is 1. The van der Waals surface area contributed by atoms with Crippen LogP contribution in [0.3, 0.4) is 0 Å². The molecule has 1 aromatic heterocycles. The normalized spacial score (nSPS) is 11.3. The lowest BCUT2D eigenvalue weighted by Gasteiger charge is -2.17. The minimum absolute atomic E-state index is 0.251. The van der Waals surface area contributed by atoms with Gasteiger partial charge < -0.3 is 19.7 Å². The van der Waals surface area contributed by atoms with Gasteiger partial charge in [-0.05, 0) is 44.3 Å². The summed E-state index contributed by atoms with van der Waals surface area (Å²) in [4.78, 5) is 14.5. The first kappa shape index (κ1) is 21.4. The number of H-pyrrole nitrogens is 1. The van der Waals surface area contributed by atoms with Gasteiger partial charge in [0.2, 0.25) is 5.91 Å². The average molecular weight is 409 g/mol. The number of amides is 1. The van der Waals surface area contributed by atoms with Crippen LogP contribution in [0.1, 0.15) is 19.0 Å². The number of fused-ring (bicyclic) bond motifs is 1. The molecule has 2 N–H and O–H groups in total. The monoisotopic (exact) mass is 408 g/mol. The molecule has 0 aliphatic heterocycles. The van der Waals surface area contributed by atoms with Gasteiger partial charge in [0.15, 0.2) is 11.5 Å². The summed E-state index contributed by atoms with van der Waals surface area (Å²) < 4.78 is 11.3. The van der Waals surface area contributed by atoms with Crippen molar-refractivity contribution in [1.29, 1.82) is 0 Å². The molecule has 0 spiro atoms. The van der Waals surface area contributed by atoms with Crippen molar-refractivity contribution < 1.29 is 14.3 Å². The topological polar surface area (TPSA) is 79.5 Å². The van der Waals surface area contributed by atoms with Crippen molar-refractivity contribution in [3.8, 4) is 11.5 Å². The molecule has 1 heterocycles. The van der Waals surface area contributed by atoms with E-state index in [1.165, 1.54) is 6.08 Å². The molecular formula is C23H28N4O3. The molecule has 158 valence electrons. The zero-order valence-electron chi connectivity index (χ0n) is 17.6. The molecule has 0 bridgehead atoms. The number of methoxy groups -OCH3 is 1. The Balaban J connectivity index is 1.59. The molecule has 3 rings (SSSR count). The van der Waals surface area contributed by atoms with Gasteiger partial charge in [0.25, 0.3) is 0 Å². The van der Waals surface area contributed by atoms with Crippen molar-refractivity contribution in [3.63, 3.8) is 0 Å². The Labute approximate surface area is 176 Å². The molecule has 0 saturated heterocycles. The maximum Gasteiger partial charge on any atom is 0.248 e. The van der Waals surface area contributed by atoms with E-state index in [0.29, 0.717) is 23.8 Å². The first-order valence-corrected chi connectivity index (χ1v) is 10.0. The Morgan fingerprint density at radius 1 is 1.20 bits per heavy atom. The number of aromatic nitrogens is 2. The highest BCUT2D eigenvalue weighted by atomic mass is 16.5. The van der Waals surface area contributed by atoms with Crippen molar-refractivity contribution in [2.24, 2.45) is 0 Å². The van der Waals surface area contributed by atoms with E-state index >= 15 is 0 Å². The third kappa shape index (κ3) is 5.61. The smallest absolute Gasteiger partial charge is 0.248 e. The highest BCUT2D eigenvalue weighted by Crippen LogP contribution is 2.30. The number of benzene rings is 2. The third-order valence-electron chi connectivity index (χ3n) is 4.66. The SMILES string of the molecule is CCCN(C)CCOc1ccc(NC(=O)/C=C/c2n[nH]c3ccccc23)cc1OC. The molecule has 7 nitrogen and oxygen atoms in total. The van der Waals surface area contributed by atoms with E-state index in [2.05, 4.69) is 34.4 Å². The lowest BCUT2D eigenvalue weighted by Crippen LogP contribution is -2.25. The molecule has 2 aromatic carbocycles. The molecule has 0 atom stereocenters. The maximum absolute atomic E-state index is 12.3. The predicted octanol–water partition coefficient (Wildman–Crippen LogP) is 3.94. The van der Waals surface area contributed by atoms with Crippen LogP contribution in [0.5, 0.6) is 11.5 Å². The lowest BCUT2D eigenvalue weighted by molar-refractivity contribution is -0.111. The van der Waals surface area contributed by atoms with Crippen LogP contribution in [0.15, 0.2) is 48.5 Å². The van der Waals surface area contributed by atoms with Gasteiger partial charge in [0.05, 0.1) is 18.3 Å². The number of hydrogen-bond acceptors (Lipinski definition) is 5. The van der Waals surface area contributed by atoms with Crippen molar-refractivity contribution >= 4 is 28.6 Å². The second kappa shape index (κ2) is 10.5. The lowest BCUT2D eigenvalue weighted by atomic mass is 10.2. The summed E-state index contributed by atoms with van der Waals surface area (Å²) in [5, 5.41) is 11.0. The second-order valence-electron chi connectivity index (χ2n) is 6.99. The molecule has 0 radical (unpaired) electrons. The van der Waals surface area contributed by atoms with Gasteiger partial charge in [-0.3, -0.25) is 9.89 Å². The zero-order chi connectivity index (χ0) is 21.3. The minimum atomic E-state index is -0.251. The predicted molar refractivity (Wildman–Crippen MR) is 120 cm³/mol. The molecule has 0 fully saturated rings. The summed E-state index contributed by atoms with van der Waals surface area (Å²) >= 11 is 0. The molecule has 0 saturated carbocycles. The van der Waals surface area contributed by atoms with Crippen molar-refractivity contribution in [3.05, 3.63) is 54.2 Å². The van der Waals surface area contributed by atoms with Gasteiger partial charge in [-0.15, -0.1) is 0 Å². The Bertz CT molecular complexity index is 1010.